The Morgan fingerprint density at radius 1 is 1.36 bits per heavy atom. The number of benzene rings is 1. The third-order valence-electron chi connectivity index (χ3n) is 3.71. The van der Waals surface area contributed by atoms with Crippen molar-refractivity contribution in [1.82, 2.24) is 4.31 Å². The second kappa shape index (κ2) is 5.65. The second-order valence-electron chi connectivity index (χ2n) is 5.28. The minimum Gasteiger partial charge on any atom is -0.480 e. The average Bonchev–Trinajstić information content (AvgIpc) is 2.87. The van der Waals surface area contributed by atoms with Crippen LogP contribution in [-0.4, -0.2) is 41.3 Å². The van der Waals surface area contributed by atoms with Crippen molar-refractivity contribution in [3.63, 3.8) is 0 Å². The molecule has 2 rings (SSSR count). The van der Waals surface area contributed by atoms with E-state index >= 15 is 0 Å². The fourth-order valence-electron chi connectivity index (χ4n) is 2.83. The van der Waals surface area contributed by atoms with Crippen LogP contribution < -0.4 is 0 Å². The van der Waals surface area contributed by atoms with Crippen molar-refractivity contribution in [1.29, 1.82) is 0 Å². The summed E-state index contributed by atoms with van der Waals surface area (Å²) in [7, 11) is -4.01. The first-order valence-corrected chi connectivity index (χ1v) is 8.10. The van der Waals surface area contributed by atoms with Gasteiger partial charge in [0.1, 0.15) is 6.04 Å². The predicted octanol–water partition coefficient (Wildman–Crippen LogP) is 1.45. The summed E-state index contributed by atoms with van der Waals surface area (Å²) in [6.07, 6.45) is 0.737. The summed E-state index contributed by atoms with van der Waals surface area (Å²) in [4.78, 5) is 21.4. The average molecular weight is 328 g/mol. The largest absolute Gasteiger partial charge is 0.480 e. The number of sulfonamides is 1. The summed E-state index contributed by atoms with van der Waals surface area (Å²) in [6.45, 7) is 3.08. The van der Waals surface area contributed by atoms with E-state index in [4.69, 9.17) is 5.11 Å². The second-order valence-corrected chi connectivity index (χ2v) is 7.11. The Kier molecular flexibility index (Phi) is 4.21. The molecule has 120 valence electrons. The van der Waals surface area contributed by atoms with Crippen LogP contribution in [0.3, 0.4) is 0 Å². The molecular formula is C13H16N2O6S. The molecule has 1 N–H and O–H groups in total. The molecule has 9 heteroatoms. The summed E-state index contributed by atoms with van der Waals surface area (Å²) in [5.74, 6) is -1.18. The molecule has 0 aliphatic carbocycles. The molecule has 22 heavy (non-hydrogen) atoms. The number of nitro benzene ring substituents is 1. The van der Waals surface area contributed by atoms with Crippen molar-refractivity contribution in [3.8, 4) is 0 Å². The van der Waals surface area contributed by atoms with Crippen LogP contribution in [0.4, 0.5) is 5.69 Å². The van der Waals surface area contributed by atoms with Gasteiger partial charge in [-0.2, -0.15) is 4.31 Å². The van der Waals surface area contributed by atoms with E-state index in [1.165, 1.54) is 26.0 Å². The van der Waals surface area contributed by atoms with Gasteiger partial charge >= 0.3 is 5.97 Å². The molecule has 1 heterocycles. The molecule has 0 aromatic heterocycles. The molecule has 0 saturated carbocycles. The quantitative estimate of drug-likeness (QED) is 0.660. The van der Waals surface area contributed by atoms with E-state index in [0.29, 0.717) is 6.42 Å². The fourth-order valence-corrected chi connectivity index (χ4v) is 4.90. The zero-order valence-corrected chi connectivity index (χ0v) is 13.0. The molecule has 1 atom stereocenters. The smallest absolute Gasteiger partial charge is 0.322 e. The van der Waals surface area contributed by atoms with Crippen LogP contribution in [-0.2, 0) is 14.8 Å². The highest BCUT2D eigenvalue weighted by molar-refractivity contribution is 7.89. The van der Waals surface area contributed by atoms with Gasteiger partial charge in [0.15, 0.2) is 0 Å². The lowest BCUT2D eigenvalue weighted by molar-refractivity contribution is -0.385. The summed E-state index contributed by atoms with van der Waals surface area (Å²) >= 11 is 0. The van der Waals surface area contributed by atoms with Crippen molar-refractivity contribution in [2.45, 2.75) is 37.6 Å². The highest BCUT2D eigenvalue weighted by Gasteiger charge is 2.40. The van der Waals surface area contributed by atoms with Crippen LogP contribution in [0.1, 0.15) is 24.0 Å². The number of hydrogen-bond acceptors (Lipinski definition) is 5. The summed E-state index contributed by atoms with van der Waals surface area (Å²) in [6, 6.07) is 1.29. The van der Waals surface area contributed by atoms with Crippen molar-refractivity contribution in [3.05, 3.63) is 33.4 Å². The van der Waals surface area contributed by atoms with Crippen molar-refractivity contribution in [2.75, 3.05) is 6.54 Å². The maximum absolute atomic E-state index is 12.8. The minimum atomic E-state index is -4.01. The molecule has 1 fully saturated rings. The van der Waals surface area contributed by atoms with Crippen LogP contribution in [0.15, 0.2) is 17.0 Å². The Hall–Kier alpha value is -2.00. The number of carbonyl (C=O) groups is 1. The summed E-state index contributed by atoms with van der Waals surface area (Å²) in [5, 5.41) is 20.0. The van der Waals surface area contributed by atoms with Crippen LogP contribution in [0.5, 0.6) is 0 Å². The number of aryl methyl sites for hydroxylation is 2. The molecule has 0 spiro atoms. The molecule has 1 aromatic carbocycles. The summed E-state index contributed by atoms with van der Waals surface area (Å²) < 4.78 is 26.5. The van der Waals surface area contributed by atoms with Gasteiger partial charge in [0.2, 0.25) is 10.0 Å². The Labute approximate surface area is 127 Å². The van der Waals surface area contributed by atoms with E-state index < -0.39 is 27.0 Å². The Bertz CT molecular complexity index is 720. The van der Waals surface area contributed by atoms with Gasteiger partial charge in [-0.3, -0.25) is 14.9 Å². The Morgan fingerprint density at radius 2 is 1.91 bits per heavy atom. The Morgan fingerprint density at radius 3 is 2.36 bits per heavy atom. The van der Waals surface area contributed by atoms with Crippen LogP contribution in [0.25, 0.3) is 0 Å². The SMILES string of the molecule is Cc1cc([N+](=O)[O-])cc(C)c1S(=O)(=O)N1CCC[C@H]1C(=O)O. The van der Waals surface area contributed by atoms with E-state index in [1.807, 2.05) is 0 Å². The lowest BCUT2D eigenvalue weighted by Gasteiger charge is -2.23. The number of aliphatic carboxylic acids is 1. The number of carboxylic acid groups (broad SMARTS) is 1. The van der Waals surface area contributed by atoms with Gasteiger partial charge in [0.25, 0.3) is 5.69 Å². The first-order chi connectivity index (χ1) is 10.2. The number of rotatable bonds is 4. The number of nitro groups is 1. The van der Waals surface area contributed by atoms with Gasteiger partial charge in [-0.15, -0.1) is 0 Å². The van der Waals surface area contributed by atoms with Gasteiger partial charge in [-0.25, -0.2) is 8.42 Å². The number of nitrogens with zero attached hydrogens (tertiary/aromatic N) is 2. The normalized spacial score (nSPS) is 19.3. The van der Waals surface area contributed by atoms with Crippen molar-refractivity contribution >= 4 is 21.7 Å². The highest BCUT2D eigenvalue weighted by Crippen LogP contribution is 2.32. The first kappa shape index (κ1) is 16.4. The third kappa shape index (κ3) is 2.69. The van der Waals surface area contributed by atoms with E-state index in [0.717, 1.165) is 4.31 Å². The molecule has 1 saturated heterocycles. The molecule has 1 aliphatic heterocycles. The van der Waals surface area contributed by atoms with Gasteiger partial charge in [0.05, 0.1) is 9.82 Å². The van der Waals surface area contributed by atoms with Crippen LogP contribution in [0.2, 0.25) is 0 Å². The van der Waals surface area contributed by atoms with Crippen molar-refractivity contribution < 1.29 is 23.2 Å². The van der Waals surface area contributed by atoms with Gasteiger partial charge < -0.3 is 5.11 Å². The highest BCUT2D eigenvalue weighted by atomic mass is 32.2. The lowest BCUT2D eigenvalue weighted by atomic mass is 10.1. The van der Waals surface area contributed by atoms with Crippen LogP contribution in [0, 0.1) is 24.0 Å². The zero-order valence-electron chi connectivity index (χ0n) is 12.1. The van der Waals surface area contributed by atoms with Gasteiger partial charge in [-0.05, 0) is 37.8 Å². The monoisotopic (exact) mass is 328 g/mol. The van der Waals surface area contributed by atoms with Gasteiger partial charge in [0, 0.05) is 18.7 Å². The Balaban J connectivity index is 2.55. The molecule has 0 bridgehead atoms. The molecular weight excluding hydrogens is 312 g/mol. The first-order valence-electron chi connectivity index (χ1n) is 6.66. The standard InChI is InChI=1S/C13H16N2O6S/c1-8-6-10(15(18)19)7-9(2)12(8)22(20,21)14-5-3-4-11(14)13(16)17/h6-7,11H,3-5H2,1-2H3,(H,16,17)/t11-/m0/s1. The third-order valence-corrected chi connectivity index (χ3v) is 5.93. The number of carboxylic acids is 1. The molecule has 0 amide bonds. The van der Waals surface area contributed by atoms with E-state index in [2.05, 4.69) is 0 Å². The zero-order chi connectivity index (χ0) is 16.7. The topological polar surface area (TPSA) is 118 Å². The molecule has 1 aliphatic rings. The minimum absolute atomic E-state index is 0.0498. The molecule has 8 nitrogen and oxygen atoms in total. The maximum Gasteiger partial charge on any atom is 0.322 e. The van der Waals surface area contributed by atoms with Crippen LogP contribution >= 0.6 is 0 Å². The van der Waals surface area contributed by atoms with E-state index in [-0.39, 0.29) is 34.7 Å². The van der Waals surface area contributed by atoms with E-state index in [9.17, 15) is 23.3 Å². The fraction of sp³-hybridized carbons (Fsp3) is 0.462. The predicted molar refractivity (Wildman–Crippen MR) is 77.1 cm³/mol. The number of hydrogen-bond donors (Lipinski definition) is 1. The molecule has 1 aromatic rings. The maximum atomic E-state index is 12.8. The molecule has 0 radical (unpaired) electrons. The summed E-state index contributed by atoms with van der Waals surface area (Å²) in [5.41, 5.74) is 0.288. The molecule has 0 unspecified atom stereocenters. The van der Waals surface area contributed by atoms with Gasteiger partial charge in [-0.1, -0.05) is 0 Å². The number of non-ortho nitro benzene ring substituents is 1. The lowest BCUT2D eigenvalue weighted by Crippen LogP contribution is -2.40. The van der Waals surface area contributed by atoms with Crippen molar-refractivity contribution in [2.24, 2.45) is 0 Å². The van der Waals surface area contributed by atoms with E-state index in [1.54, 1.807) is 0 Å².